The lowest BCUT2D eigenvalue weighted by atomic mass is 10.1. The first-order chi connectivity index (χ1) is 15.2. The smallest absolute Gasteiger partial charge is 0.279 e. The molecule has 1 aliphatic carbocycles. The molecule has 1 fully saturated rings. The predicted molar refractivity (Wildman–Crippen MR) is 124 cm³/mol. The molecule has 1 heterocycles. The molecule has 0 radical (unpaired) electrons. The Labute approximate surface area is 186 Å². The van der Waals surface area contributed by atoms with Crippen molar-refractivity contribution in [1.29, 1.82) is 0 Å². The highest BCUT2D eigenvalue weighted by atomic mass is 32.1. The minimum absolute atomic E-state index is 0.297. The van der Waals surface area contributed by atoms with Crippen LogP contribution in [0, 0.1) is 0 Å². The van der Waals surface area contributed by atoms with Crippen molar-refractivity contribution < 1.29 is 14.6 Å². The van der Waals surface area contributed by atoms with Gasteiger partial charge in [0.25, 0.3) is 5.19 Å². The first kappa shape index (κ1) is 21.7. The maximum atomic E-state index is 11.1. The number of thiazole rings is 1. The number of aliphatic hydroxyl groups is 1. The zero-order valence-corrected chi connectivity index (χ0v) is 18.4. The fraction of sp³-hybridized carbons (Fsp3) is 0.417. The van der Waals surface area contributed by atoms with Gasteiger partial charge in [0.1, 0.15) is 12.4 Å². The molecule has 4 rings (SSSR count). The highest BCUT2D eigenvalue weighted by molar-refractivity contribution is 7.20. The van der Waals surface area contributed by atoms with Crippen LogP contribution in [0.2, 0.25) is 0 Å². The van der Waals surface area contributed by atoms with E-state index in [9.17, 15) is 4.79 Å². The molecule has 0 bridgehead atoms. The average Bonchev–Trinajstić information content (AvgIpc) is 3.55. The Morgan fingerprint density at radius 2 is 1.94 bits per heavy atom. The van der Waals surface area contributed by atoms with E-state index in [0.717, 1.165) is 48.3 Å². The van der Waals surface area contributed by atoms with E-state index in [-0.39, 0.29) is 5.91 Å². The maximum Gasteiger partial charge on any atom is 0.279 e. The number of fused-ring (bicyclic) bond motifs is 1. The summed E-state index contributed by atoms with van der Waals surface area (Å²) in [4.78, 5) is 18.2. The molecule has 0 spiro atoms. The van der Waals surface area contributed by atoms with Gasteiger partial charge in [0.2, 0.25) is 5.91 Å². The number of carbonyl (C=O) groups is 1. The molecule has 1 aromatic heterocycles. The van der Waals surface area contributed by atoms with Gasteiger partial charge in [-0.2, -0.15) is 0 Å². The highest BCUT2D eigenvalue weighted by Gasteiger charge is 2.28. The predicted octanol–water partition coefficient (Wildman–Crippen LogP) is 3.98. The molecule has 1 aliphatic rings. The summed E-state index contributed by atoms with van der Waals surface area (Å²) >= 11 is 1.56. The Bertz CT molecular complexity index is 952. The van der Waals surface area contributed by atoms with Gasteiger partial charge in [0.05, 0.1) is 10.2 Å². The van der Waals surface area contributed by atoms with Crippen LogP contribution in [0.15, 0.2) is 48.5 Å². The Hall–Kier alpha value is -2.48. The van der Waals surface area contributed by atoms with Crippen LogP contribution in [0.5, 0.6) is 10.9 Å². The summed E-state index contributed by atoms with van der Waals surface area (Å²) in [6.07, 6.45) is 5.58. The third-order valence-corrected chi connectivity index (χ3v) is 6.41. The van der Waals surface area contributed by atoms with Gasteiger partial charge < -0.3 is 20.1 Å². The fourth-order valence-electron chi connectivity index (χ4n) is 3.63. The molecule has 7 heteroatoms. The van der Waals surface area contributed by atoms with Crippen molar-refractivity contribution in [2.45, 2.75) is 38.1 Å². The Morgan fingerprint density at radius 3 is 2.68 bits per heavy atom. The Morgan fingerprint density at radius 1 is 1.13 bits per heavy atom. The normalized spacial score (nSPS) is 13.6. The first-order valence-corrected chi connectivity index (χ1v) is 11.8. The molecule has 2 aromatic carbocycles. The number of amides is 1. The molecular formula is C24H29N3O3S. The summed E-state index contributed by atoms with van der Waals surface area (Å²) in [7, 11) is 0. The van der Waals surface area contributed by atoms with Crippen molar-refractivity contribution in [3.05, 3.63) is 54.1 Å². The van der Waals surface area contributed by atoms with Crippen LogP contribution in [0.3, 0.4) is 0 Å². The lowest BCUT2D eigenvalue weighted by Crippen LogP contribution is -2.31. The quantitative estimate of drug-likeness (QED) is 0.418. The minimum atomic E-state index is -0.432. The van der Waals surface area contributed by atoms with E-state index in [1.807, 2.05) is 30.3 Å². The van der Waals surface area contributed by atoms with Gasteiger partial charge >= 0.3 is 0 Å². The number of carbonyl (C=O) groups excluding carboxylic acids is 1. The van der Waals surface area contributed by atoms with E-state index in [0.29, 0.717) is 17.8 Å². The molecule has 0 unspecified atom stereocenters. The monoisotopic (exact) mass is 439 g/mol. The molecule has 164 valence electrons. The summed E-state index contributed by atoms with van der Waals surface area (Å²) in [6, 6.07) is 17.1. The van der Waals surface area contributed by atoms with Crippen LogP contribution in [-0.2, 0) is 11.2 Å². The Kier molecular flexibility index (Phi) is 7.51. The number of unbranched alkanes of at least 4 members (excludes halogenated alkanes) is 1. The van der Waals surface area contributed by atoms with Crippen LogP contribution in [0.25, 0.3) is 10.2 Å². The molecule has 0 aliphatic heterocycles. The number of hydrogen-bond acceptors (Lipinski definition) is 6. The molecule has 1 amide bonds. The van der Waals surface area contributed by atoms with E-state index >= 15 is 0 Å². The maximum absolute atomic E-state index is 11.1. The van der Waals surface area contributed by atoms with E-state index in [4.69, 9.17) is 9.84 Å². The van der Waals surface area contributed by atoms with Gasteiger partial charge in [-0.3, -0.25) is 4.79 Å². The molecular weight excluding hydrogens is 410 g/mol. The summed E-state index contributed by atoms with van der Waals surface area (Å²) in [5.74, 6) is 0.515. The van der Waals surface area contributed by atoms with Gasteiger partial charge in [-0.25, -0.2) is 4.98 Å². The van der Waals surface area contributed by atoms with Gasteiger partial charge in [-0.15, -0.1) is 0 Å². The van der Waals surface area contributed by atoms with Crippen LogP contribution >= 0.6 is 11.3 Å². The first-order valence-electron chi connectivity index (χ1n) is 11.0. The standard InChI is InChI=1S/C24H29N3O3S/c28-17-23(29)25-14-3-4-15-27(19-9-10-19)16-13-18-7-11-20(12-8-18)30-24-26-21-5-1-2-6-22(21)31-24/h1-2,5-8,11-12,19,28H,3-4,9-10,13-17H2,(H,25,29). The second-order valence-corrected chi connectivity index (χ2v) is 8.92. The second kappa shape index (κ2) is 10.7. The number of nitrogens with zero attached hydrogens (tertiary/aromatic N) is 2. The molecule has 6 nitrogen and oxygen atoms in total. The number of aromatic nitrogens is 1. The second-order valence-electron chi connectivity index (χ2n) is 7.93. The zero-order chi connectivity index (χ0) is 21.5. The van der Waals surface area contributed by atoms with Crippen molar-refractivity contribution in [2.75, 3.05) is 26.2 Å². The lowest BCUT2D eigenvalue weighted by molar-refractivity contribution is -0.123. The topological polar surface area (TPSA) is 74.7 Å². The molecule has 3 aromatic rings. The number of benzene rings is 2. The van der Waals surface area contributed by atoms with Crippen LogP contribution in [-0.4, -0.2) is 53.2 Å². The molecule has 2 N–H and O–H groups in total. The third-order valence-electron chi connectivity index (χ3n) is 5.49. The van der Waals surface area contributed by atoms with E-state index in [2.05, 4.69) is 33.4 Å². The molecule has 0 atom stereocenters. The highest BCUT2D eigenvalue weighted by Crippen LogP contribution is 2.31. The SMILES string of the molecule is O=C(CO)NCCCCN(CCc1ccc(Oc2nc3ccccc3s2)cc1)C1CC1. The zero-order valence-electron chi connectivity index (χ0n) is 17.6. The van der Waals surface area contributed by atoms with Crippen molar-refractivity contribution in [2.24, 2.45) is 0 Å². The summed E-state index contributed by atoms with van der Waals surface area (Å²) in [5.41, 5.74) is 2.27. The lowest BCUT2D eigenvalue weighted by Gasteiger charge is -2.22. The number of rotatable bonds is 12. The van der Waals surface area contributed by atoms with Crippen LogP contribution < -0.4 is 10.1 Å². The fourth-order valence-corrected chi connectivity index (χ4v) is 4.47. The van der Waals surface area contributed by atoms with Crippen molar-refractivity contribution in [3.8, 4) is 10.9 Å². The van der Waals surface area contributed by atoms with Crippen LogP contribution in [0.4, 0.5) is 0 Å². The van der Waals surface area contributed by atoms with Crippen molar-refractivity contribution in [1.82, 2.24) is 15.2 Å². The third kappa shape index (κ3) is 6.50. The number of para-hydroxylation sites is 1. The van der Waals surface area contributed by atoms with Crippen LogP contribution in [0.1, 0.15) is 31.2 Å². The summed E-state index contributed by atoms with van der Waals surface area (Å²) < 4.78 is 7.07. The molecule has 31 heavy (non-hydrogen) atoms. The van der Waals surface area contributed by atoms with E-state index < -0.39 is 6.61 Å². The number of ether oxygens (including phenoxy) is 1. The van der Waals surface area contributed by atoms with Gasteiger partial charge in [0.15, 0.2) is 0 Å². The van der Waals surface area contributed by atoms with Crippen molar-refractivity contribution >= 4 is 27.5 Å². The Balaban J connectivity index is 1.22. The average molecular weight is 440 g/mol. The van der Waals surface area contributed by atoms with Crippen molar-refractivity contribution in [3.63, 3.8) is 0 Å². The van der Waals surface area contributed by atoms with Gasteiger partial charge in [-0.1, -0.05) is 35.6 Å². The minimum Gasteiger partial charge on any atom is -0.431 e. The van der Waals surface area contributed by atoms with Gasteiger partial charge in [-0.05, 0) is 68.5 Å². The van der Waals surface area contributed by atoms with E-state index in [1.54, 1.807) is 11.3 Å². The van der Waals surface area contributed by atoms with Gasteiger partial charge in [0, 0.05) is 19.1 Å². The number of aliphatic hydroxyl groups excluding tert-OH is 1. The number of hydrogen-bond donors (Lipinski definition) is 2. The molecule has 1 saturated carbocycles. The number of nitrogens with one attached hydrogen (secondary N) is 1. The van der Waals surface area contributed by atoms with E-state index in [1.165, 1.54) is 18.4 Å². The summed E-state index contributed by atoms with van der Waals surface area (Å²) in [6.45, 7) is 2.30. The largest absolute Gasteiger partial charge is 0.431 e. The molecule has 0 saturated heterocycles. The summed E-state index contributed by atoms with van der Waals surface area (Å²) in [5, 5.41) is 12.1.